The first-order valence-corrected chi connectivity index (χ1v) is 12.5. The third-order valence-corrected chi connectivity index (χ3v) is 8.24. The van der Waals surface area contributed by atoms with E-state index in [-0.39, 0.29) is 0 Å². The number of aliphatic imine (C=N–C) groups is 1. The molecule has 0 atom stereocenters. The molecule has 0 saturated carbocycles. The van der Waals surface area contributed by atoms with Crippen molar-refractivity contribution in [3.05, 3.63) is 66.3 Å². The van der Waals surface area contributed by atoms with Gasteiger partial charge in [-0.2, -0.15) is 4.31 Å². The molecule has 8 nitrogen and oxygen atoms in total. The van der Waals surface area contributed by atoms with E-state index in [4.69, 9.17) is 9.73 Å². The second-order valence-corrected chi connectivity index (χ2v) is 10.1. The number of rotatable bonds is 5. The summed E-state index contributed by atoms with van der Waals surface area (Å²) < 4.78 is 35.5. The van der Waals surface area contributed by atoms with Crippen LogP contribution in [0.1, 0.15) is 18.1 Å². The number of anilines is 1. The number of hydrogen-bond donors (Lipinski definition) is 0. The minimum absolute atomic E-state index is 0.337. The fourth-order valence-electron chi connectivity index (χ4n) is 4.33. The van der Waals surface area contributed by atoms with Gasteiger partial charge in [-0.25, -0.2) is 8.42 Å². The second kappa shape index (κ2) is 8.74. The van der Waals surface area contributed by atoms with Crippen molar-refractivity contribution in [1.29, 1.82) is 0 Å². The van der Waals surface area contributed by atoms with Gasteiger partial charge < -0.3 is 14.2 Å². The number of fused-ring (bicyclic) bond motifs is 1. The Labute approximate surface area is 193 Å². The van der Waals surface area contributed by atoms with Crippen molar-refractivity contribution in [2.24, 2.45) is 4.99 Å². The van der Waals surface area contributed by atoms with Crippen LogP contribution < -0.4 is 4.90 Å². The van der Waals surface area contributed by atoms with Crippen LogP contribution >= 0.6 is 0 Å². The normalized spacial score (nSPS) is 17.5. The molecule has 3 aromatic rings. The molecule has 2 aliphatic heterocycles. The highest BCUT2D eigenvalue weighted by molar-refractivity contribution is 7.89. The first kappa shape index (κ1) is 21.8. The Morgan fingerprint density at radius 2 is 1.97 bits per heavy atom. The van der Waals surface area contributed by atoms with Crippen LogP contribution in [0.4, 0.5) is 5.69 Å². The summed E-state index contributed by atoms with van der Waals surface area (Å²) in [6.45, 7) is 6.82. The van der Waals surface area contributed by atoms with Gasteiger partial charge in [0, 0.05) is 54.9 Å². The maximum absolute atomic E-state index is 13.2. The van der Waals surface area contributed by atoms with Gasteiger partial charge >= 0.3 is 0 Å². The van der Waals surface area contributed by atoms with Crippen molar-refractivity contribution < 1.29 is 13.2 Å². The van der Waals surface area contributed by atoms with E-state index in [0.29, 0.717) is 37.9 Å². The van der Waals surface area contributed by atoms with E-state index in [1.807, 2.05) is 48.5 Å². The van der Waals surface area contributed by atoms with Crippen molar-refractivity contribution in [3.8, 4) is 0 Å². The molecule has 5 rings (SSSR count). The van der Waals surface area contributed by atoms with Crippen molar-refractivity contribution in [3.63, 3.8) is 0 Å². The van der Waals surface area contributed by atoms with Crippen molar-refractivity contribution in [2.75, 3.05) is 37.9 Å². The molecule has 0 radical (unpaired) electrons. The highest BCUT2D eigenvalue weighted by Crippen LogP contribution is 2.28. The number of aryl methyl sites for hydroxylation is 2. The van der Waals surface area contributed by atoms with Gasteiger partial charge in [0.1, 0.15) is 6.67 Å². The van der Waals surface area contributed by atoms with Gasteiger partial charge in [0.2, 0.25) is 10.0 Å². The molecule has 1 aromatic carbocycles. The Morgan fingerprint density at radius 1 is 1.15 bits per heavy atom. The molecule has 172 valence electrons. The van der Waals surface area contributed by atoms with Crippen molar-refractivity contribution in [1.82, 2.24) is 13.9 Å². The third-order valence-electron chi connectivity index (χ3n) is 6.20. The Morgan fingerprint density at radius 3 is 2.70 bits per heavy atom. The quantitative estimate of drug-likeness (QED) is 0.578. The zero-order valence-electron chi connectivity index (χ0n) is 18.8. The average molecular weight is 466 g/mol. The smallest absolute Gasteiger partial charge is 0.243 e. The first-order valence-electron chi connectivity index (χ1n) is 11.1. The van der Waals surface area contributed by atoms with E-state index in [2.05, 4.69) is 22.7 Å². The summed E-state index contributed by atoms with van der Waals surface area (Å²) in [5.41, 5.74) is 4.60. The number of hydrogen-bond acceptors (Lipinski definition) is 6. The molecule has 33 heavy (non-hydrogen) atoms. The maximum atomic E-state index is 13.2. The van der Waals surface area contributed by atoms with E-state index in [0.717, 1.165) is 40.0 Å². The zero-order valence-corrected chi connectivity index (χ0v) is 19.6. The van der Waals surface area contributed by atoms with Crippen LogP contribution in [0.2, 0.25) is 0 Å². The third kappa shape index (κ3) is 3.96. The molecular formula is C24H27N5O3S. The summed E-state index contributed by atoms with van der Waals surface area (Å²) in [4.78, 5) is 11.4. The summed E-state index contributed by atoms with van der Waals surface area (Å²) in [5.74, 6) is 0. The predicted molar refractivity (Wildman–Crippen MR) is 129 cm³/mol. The summed E-state index contributed by atoms with van der Waals surface area (Å²) in [6.07, 6.45) is 9.74. The number of morpholine rings is 1. The van der Waals surface area contributed by atoms with E-state index in [9.17, 15) is 8.42 Å². The fraction of sp³-hybridized carbons (Fsp3) is 0.333. The first-order chi connectivity index (χ1) is 16.0. The van der Waals surface area contributed by atoms with Gasteiger partial charge in [-0.3, -0.25) is 9.98 Å². The van der Waals surface area contributed by atoms with Crippen LogP contribution in [-0.2, 0) is 21.3 Å². The van der Waals surface area contributed by atoms with E-state index < -0.39 is 10.0 Å². The molecule has 2 aromatic heterocycles. The molecule has 0 bridgehead atoms. The lowest BCUT2D eigenvalue weighted by Gasteiger charge is -2.28. The largest absolute Gasteiger partial charge is 0.379 e. The Bertz CT molecular complexity index is 1350. The van der Waals surface area contributed by atoms with Gasteiger partial charge in [-0.1, -0.05) is 6.07 Å². The number of nitrogens with zero attached hydrogens (tertiary/aromatic N) is 5. The molecule has 0 aliphatic carbocycles. The summed E-state index contributed by atoms with van der Waals surface area (Å²) in [7, 11) is -3.57. The average Bonchev–Trinajstić information content (AvgIpc) is 3.24. The zero-order chi connectivity index (χ0) is 23.0. The summed E-state index contributed by atoms with van der Waals surface area (Å²) in [5, 5.41) is 1.12. The highest BCUT2D eigenvalue weighted by atomic mass is 32.2. The van der Waals surface area contributed by atoms with Gasteiger partial charge in [-0.15, -0.1) is 0 Å². The molecular weight excluding hydrogens is 438 g/mol. The monoisotopic (exact) mass is 465 g/mol. The van der Waals surface area contributed by atoms with Crippen molar-refractivity contribution >= 4 is 32.3 Å². The fourth-order valence-corrected chi connectivity index (χ4v) is 5.98. The number of sulfonamides is 1. The molecule has 0 amide bonds. The molecule has 0 spiro atoms. The molecule has 1 fully saturated rings. The number of ether oxygens (including phenoxy) is 1. The van der Waals surface area contributed by atoms with E-state index >= 15 is 0 Å². The van der Waals surface area contributed by atoms with Gasteiger partial charge in [0.25, 0.3) is 0 Å². The minimum atomic E-state index is -3.57. The molecule has 9 heteroatoms. The Balaban J connectivity index is 1.42. The molecule has 0 unspecified atom stereocenters. The van der Waals surface area contributed by atoms with Crippen LogP contribution in [0, 0.1) is 6.92 Å². The number of aromatic nitrogens is 2. The van der Waals surface area contributed by atoms with Crippen LogP contribution in [0.25, 0.3) is 10.9 Å². The SMILES string of the molecule is CCn1cc(C2=NCN(c3ccc(C)c(S(=O)(=O)N4CCOCC4)c3)C=C2)c2ccncc21. The molecule has 4 heterocycles. The van der Waals surface area contributed by atoms with E-state index in [1.165, 1.54) is 4.31 Å². The second-order valence-electron chi connectivity index (χ2n) is 8.16. The maximum Gasteiger partial charge on any atom is 0.243 e. The molecule has 2 aliphatic rings. The number of allylic oxidation sites excluding steroid dienone is 1. The Hall–Kier alpha value is -3.01. The van der Waals surface area contributed by atoms with Gasteiger partial charge in [-0.05, 0) is 43.7 Å². The molecule has 0 N–H and O–H groups in total. The standard InChI is InChI=1S/C24H27N5O3S/c1-3-27-16-21(20-6-8-25-15-23(20)27)22-7-9-28(17-26-22)19-5-4-18(2)24(14-19)33(30,31)29-10-12-32-13-11-29/h4-9,14-16H,3,10-13,17H2,1-2H3. The molecule has 1 saturated heterocycles. The van der Waals surface area contributed by atoms with Gasteiger partial charge in [0.05, 0.1) is 35.5 Å². The van der Waals surface area contributed by atoms with Crippen LogP contribution in [-0.4, -0.2) is 61.0 Å². The van der Waals surface area contributed by atoms with E-state index in [1.54, 1.807) is 12.3 Å². The lowest BCUT2D eigenvalue weighted by Crippen LogP contribution is -2.40. The van der Waals surface area contributed by atoms with Crippen LogP contribution in [0.15, 0.2) is 65.0 Å². The lowest BCUT2D eigenvalue weighted by atomic mass is 10.1. The van der Waals surface area contributed by atoms with Crippen LogP contribution in [0.3, 0.4) is 0 Å². The van der Waals surface area contributed by atoms with Gasteiger partial charge in [0.15, 0.2) is 0 Å². The summed E-state index contributed by atoms with van der Waals surface area (Å²) >= 11 is 0. The Kier molecular flexibility index (Phi) is 5.77. The van der Waals surface area contributed by atoms with Crippen molar-refractivity contribution in [2.45, 2.75) is 25.3 Å². The number of benzene rings is 1. The number of pyridine rings is 1. The lowest BCUT2D eigenvalue weighted by molar-refractivity contribution is 0.0730. The highest BCUT2D eigenvalue weighted by Gasteiger charge is 2.28. The summed E-state index contributed by atoms with van der Waals surface area (Å²) in [6, 6.07) is 7.56. The topological polar surface area (TPSA) is 80.0 Å². The van der Waals surface area contributed by atoms with Crippen LogP contribution in [0.5, 0.6) is 0 Å². The predicted octanol–water partition coefficient (Wildman–Crippen LogP) is 3.17. The minimum Gasteiger partial charge on any atom is -0.379 e.